The van der Waals surface area contributed by atoms with Crippen molar-refractivity contribution in [3.63, 3.8) is 0 Å². The number of nitrogens with zero attached hydrogens (tertiary/aromatic N) is 5. The number of amides is 1. The van der Waals surface area contributed by atoms with Crippen molar-refractivity contribution < 1.29 is 14.3 Å². The van der Waals surface area contributed by atoms with Gasteiger partial charge in [-0.05, 0) is 51.0 Å². The molecule has 1 fully saturated rings. The van der Waals surface area contributed by atoms with Gasteiger partial charge in [-0.1, -0.05) is 6.92 Å². The second-order valence-electron chi connectivity index (χ2n) is 8.64. The first-order chi connectivity index (χ1) is 16.0. The Morgan fingerprint density at radius 2 is 2.03 bits per heavy atom. The van der Waals surface area contributed by atoms with Gasteiger partial charge in [0.25, 0.3) is 0 Å². The molecule has 1 saturated heterocycles. The van der Waals surface area contributed by atoms with E-state index in [1.807, 2.05) is 24.6 Å². The van der Waals surface area contributed by atoms with Gasteiger partial charge in [0.1, 0.15) is 17.8 Å². The fraction of sp³-hybridized carbons (Fsp3) is 0.500. The number of benzene rings is 1. The van der Waals surface area contributed by atoms with E-state index < -0.39 is 0 Å². The Hall–Kier alpha value is -3.36. The summed E-state index contributed by atoms with van der Waals surface area (Å²) in [5.74, 6) is 0.522. The van der Waals surface area contributed by atoms with Crippen LogP contribution in [-0.4, -0.2) is 62.6 Å². The third-order valence-corrected chi connectivity index (χ3v) is 5.65. The number of hydrogen-bond donors (Lipinski definition) is 1. The fourth-order valence-electron chi connectivity index (χ4n) is 3.96. The molecule has 1 amide bonds. The fourth-order valence-corrected chi connectivity index (χ4v) is 3.96. The summed E-state index contributed by atoms with van der Waals surface area (Å²) in [6.07, 6.45) is 5.37. The van der Waals surface area contributed by atoms with Crippen LogP contribution < -0.4 is 10.1 Å². The van der Waals surface area contributed by atoms with Crippen molar-refractivity contribution in [2.45, 2.75) is 59.2 Å². The number of fused-ring (bicyclic) bond motifs is 1. The van der Waals surface area contributed by atoms with Gasteiger partial charge in [-0.25, -0.2) is 19.4 Å². The van der Waals surface area contributed by atoms with Gasteiger partial charge in [0, 0.05) is 38.2 Å². The van der Waals surface area contributed by atoms with E-state index in [-0.39, 0.29) is 18.3 Å². The van der Waals surface area contributed by atoms with Gasteiger partial charge in [-0.3, -0.25) is 0 Å². The Balaban J connectivity index is 1.48. The molecule has 3 aromatic rings. The highest BCUT2D eigenvalue weighted by Crippen LogP contribution is 2.28. The third kappa shape index (κ3) is 5.18. The molecule has 0 unspecified atom stereocenters. The van der Waals surface area contributed by atoms with Crippen LogP contribution in [0.25, 0.3) is 16.7 Å². The molecule has 1 aliphatic heterocycles. The molecule has 0 radical (unpaired) electrons. The van der Waals surface area contributed by atoms with Crippen LogP contribution in [0.2, 0.25) is 0 Å². The Morgan fingerprint density at radius 3 is 2.73 bits per heavy atom. The molecule has 0 aliphatic carbocycles. The average molecular weight is 453 g/mol. The monoisotopic (exact) mass is 452 g/mol. The highest BCUT2D eigenvalue weighted by molar-refractivity contribution is 5.81. The van der Waals surface area contributed by atoms with E-state index in [0.29, 0.717) is 24.6 Å². The Bertz CT molecular complexity index is 1100. The summed E-state index contributed by atoms with van der Waals surface area (Å²) in [5, 5.41) is 8.76. The number of piperidine rings is 1. The number of anilines is 1. The van der Waals surface area contributed by atoms with Crippen molar-refractivity contribution >= 4 is 22.8 Å². The molecule has 176 valence electrons. The van der Waals surface area contributed by atoms with E-state index in [1.54, 1.807) is 11.1 Å². The highest BCUT2D eigenvalue weighted by atomic mass is 16.6. The number of rotatable bonds is 7. The van der Waals surface area contributed by atoms with Gasteiger partial charge >= 0.3 is 6.09 Å². The normalized spacial score (nSPS) is 14.6. The molecule has 0 bridgehead atoms. The van der Waals surface area contributed by atoms with Crippen LogP contribution in [0.4, 0.5) is 10.5 Å². The van der Waals surface area contributed by atoms with Gasteiger partial charge in [0.05, 0.1) is 18.0 Å². The van der Waals surface area contributed by atoms with Gasteiger partial charge < -0.3 is 19.7 Å². The lowest BCUT2D eigenvalue weighted by Crippen LogP contribution is -2.42. The molecule has 9 heteroatoms. The van der Waals surface area contributed by atoms with Crippen LogP contribution in [0.5, 0.6) is 5.88 Å². The molecule has 0 spiro atoms. The molecule has 0 atom stereocenters. The van der Waals surface area contributed by atoms with Crippen molar-refractivity contribution in [3.8, 4) is 11.6 Å². The number of likely N-dealkylation sites (tertiary alicyclic amines) is 1. The molecule has 3 heterocycles. The van der Waals surface area contributed by atoms with Gasteiger partial charge in [0.2, 0.25) is 5.88 Å². The van der Waals surface area contributed by atoms with Crippen LogP contribution in [0.15, 0.2) is 30.7 Å². The minimum absolute atomic E-state index is 0.0276. The van der Waals surface area contributed by atoms with Crippen molar-refractivity contribution in [1.82, 2.24) is 24.6 Å². The summed E-state index contributed by atoms with van der Waals surface area (Å²) >= 11 is 0. The molecule has 1 aliphatic rings. The molecular formula is C24H32N6O3. The van der Waals surface area contributed by atoms with Crippen LogP contribution in [0.3, 0.4) is 0 Å². The van der Waals surface area contributed by atoms with Crippen molar-refractivity contribution in [2.24, 2.45) is 0 Å². The predicted octanol–water partition coefficient (Wildman–Crippen LogP) is 4.33. The number of carbonyl (C=O) groups is 1. The summed E-state index contributed by atoms with van der Waals surface area (Å²) < 4.78 is 13.3. The first kappa shape index (κ1) is 22.8. The zero-order valence-electron chi connectivity index (χ0n) is 19.7. The Morgan fingerprint density at radius 1 is 1.24 bits per heavy atom. The van der Waals surface area contributed by atoms with Crippen molar-refractivity contribution in [3.05, 3.63) is 36.3 Å². The Kier molecular flexibility index (Phi) is 6.96. The van der Waals surface area contributed by atoms with Crippen LogP contribution >= 0.6 is 0 Å². The maximum Gasteiger partial charge on any atom is 0.410 e. The largest absolute Gasteiger partial charge is 0.474 e. The first-order valence-electron chi connectivity index (χ1n) is 11.6. The summed E-state index contributed by atoms with van der Waals surface area (Å²) in [7, 11) is 0. The highest BCUT2D eigenvalue weighted by Gasteiger charge is 2.26. The molecule has 1 N–H and O–H groups in total. The lowest BCUT2D eigenvalue weighted by molar-refractivity contribution is 0.0511. The maximum absolute atomic E-state index is 12.1. The number of carbonyl (C=O) groups excluding carboxylic acids is 1. The van der Waals surface area contributed by atoms with Crippen LogP contribution in [-0.2, 0) is 4.74 Å². The average Bonchev–Trinajstić information content (AvgIpc) is 3.23. The second-order valence-corrected chi connectivity index (χ2v) is 8.64. The van der Waals surface area contributed by atoms with E-state index in [9.17, 15) is 4.79 Å². The molecular weight excluding hydrogens is 420 g/mol. The number of aromatic nitrogens is 4. The lowest BCUT2D eigenvalue weighted by Gasteiger charge is -2.31. The van der Waals surface area contributed by atoms with Gasteiger partial charge in [-0.15, -0.1) is 0 Å². The van der Waals surface area contributed by atoms with E-state index >= 15 is 0 Å². The number of hydrogen-bond acceptors (Lipinski definition) is 7. The van der Waals surface area contributed by atoms with Crippen LogP contribution in [0.1, 0.15) is 45.6 Å². The zero-order valence-corrected chi connectivity index (χ0v) is 19.7. The zero-order chi connectivity index (χ0) is 23.4. The molecule has 1 aromatic carbocycles. The third-order valence-electron chi connectivity index (χ3n) is 5.65. The van der Waals surface area contributed by atoms with Gasteiger partial charge in [-0.2, -0.15) is 5.10 Å². The summed E-state index contributed by atoms with van der Waals surface area (Å²) in [4.78, 5) is 22.7. The van der Waals surface area contributed by atoms with Crippen LogP contribution in [0, 0.1) is 6.92 Å². The number of ether oxygens (including phenoxy) is 2. The summed E-state index contributed by atoms with van der Waals surface area (Å²) in [6.45, 7) is 10.1. The number of aryl methyl sites for hydroxylation is 1. The topological polar surface area (TPSA) is 94.4 Å². The SMILES string of the molecule is CCCNc1ccc(-n2ncc3c(OC4CCN(C(=O)OC(C)C)CC4)ncnc32)c(C)c1. The summed E-state index contributed by atoms with van der Waals surface area (Å²) in [6, 6.07) is 6.23. The maximum atomic E-state index is 12.1. The lowest BCUT2D eigenvalue weighted by atomic mass is 10.1. The molecule has 9 nitrogen and oxygen atoms in total. The quantitative estimate of drug-likeness (QED) is 0.570. The predicted molar refractivity (Wildman–Crippen MR) is 127 cm³/mol. The summed E-state index contributed by atoms with van der Waals surface area (Å²) in [5.41, 5.74) is 3.86. The molecule has 33 heavy (non-hydrogen) atoms. The van der Waals surface area contributed by atoms with E-state index in [4.69, 9.17) is 9.47 Å². The second kappa shape index (κ2) is 10.1. The number of nitrogens with one attached hydrogen (secondary N) is 1. The molecule has 4 rings (SSSR count). The standard InChI is InChI=1S/C24H32N6O3/c1-5-10-25-18-6-7-21(17(4)13-18)30-22-20(14-28-30)23(27-15-26-22)33-19-8-11-29(12-9-19)24(31)32-16(2)3/h6-7,13-16,19,25H,5,8-12H2,1-4H3. The van der Waals surface area contributed by atoms with E-state index in [1.165, 1.54) is 6.33 Å². The smallest absolute Gasteiger partial charge is 0.410 e. The minimum Gasteiger partial charge on any atom is -0.474 e. The van der Waals surface area contributed by atoms with E-state index in [0.717, 1.165) is 48.1 Å². The van der Waals surface area contributed by atoms with Crippen molar-refractivity contribution in [2.75, 3.05) is 25.0 Å². The molecule has 0 saturated carbocycles. The van der Waals surface area contributed by atoms with Crippen molar-refractivity contribution in [1.29, 1.82) is 0 Å². The first-order valence-corrected chi connectivity index (χ1v) is 11.6. The minimum atomic E-state index is -0.263. The molecule has 2 aromatic heterocycles. The van der Waals surface area contributed by atoms with Gasteiger partial charge in [0.15, 0.2) is 5.65 Å². The Labute approximate surface area is 194 Å². The van der Waals surface area contributed by atoms with E-state index in [2.05, 4.69) is 46.4 Å².